The molecule has 0 aromatic carbocycles. The predicted molar refractivity (Wildman–Crippen MR) is 34.9 cm³/mol. The molecule has 9 heavy (non-hydrogen) atoms. The second-order valence-corrected chi connectivity index (χ2v) is 4.87. The topological polar surface area (TPSA) is 73.1 Å². The van der Waals surface area contributed by atoms with Crippen LogP contribution in [0.5, 0.6) is 0 Å². The average molecular weight is 277 g/mol. The van der Waals surface area contributed by atoms with Crippen molar-refractivity contribution in [3.63, 3.8) is 0 Å². The fourth-order valence-electron chi connectivity index (χ4n) is 0.114. The summed E-state index contributed by atoms with van der Waals surface area (Å²) in [7, 11) is -3.01. The third-order valence-electron chi connectivity index (χ3n) is 0.319. The quantitative estimate of drug-likeness (QED) is 0.557. The lowest BCUT2D eigenvalue weighted by Crippen LogP contribution is -2.10. The van der Waals surface area contributed by atoms with Crippen molar-refractivity contribution < 1.29 is 14.0 Å². The monoisotopic (exact) mass is 275 g/mol. The molecule has 0 saturated heterocycles. The minimum Gasteiger partial charge on any atom is -0.566 e. The number of hydrogen-bond acceptors (Lipinski definition) is 4. The molecule has 7 heteroatoms. The first-order valence-electron chi connectivity index (χ1n) is 1.60. The summed E-state index contributed by atoms with van der Waals surface area (Å²) in [5, 5.41) is 8.11. The van der Waals surface area contributed by atoms with Crippen LogP contribution in [-0.4, -0.2) is 3.42 Å². The molecular formula is C2Br2NO3P. The first-order chi connectivity index (χ1) is 3.98. The predicted octanol–water partition coefficient (Wildman–Crippen LogP) is 0.988. The number of alkyl halides is 2. The van der Waals surface area contributed by atoms with E-state index in [1.54, 1.807) is 0 Å². The molecule has 0 heterocycles. The second-order valence-electron chi connectivity index (χ2n) is 0.943. The summed E-state index contributed by atoms with van der Waals surface area (Å²) in [6.07, 6.45) is 0. The van der Waals surface area contributed by atoms with Gasteiger partial charge in [0.2, 0.25) is 0 Å². The van der Waals surface area contributed by atoms with E-state index >= 15 is 0 Å². The lowest BCUT2D eigenvalue weighted by molar-refractivity contribution is -0.185. The molecule has 4 nitrogen and oxygen atoms in total. The lowest BCUT2D eigenvalue weighted by Gasteiger charge is -2.00. The summed E-state index contributed by atoms with van der Waals surface area (Å²) in [5.74, 6) is 0. The van der Waals surface area contributed by atoms with Crippen LogP contribution in [-0.2, 0) is 9.09 Å². The van der Waals surface area contributed by atoms with Gasteiger partial charge in [-0.25, -0.2) is 0 Å². The van der Waals surface area contributed by atoms with Crippen LogP contribution in [0.3, 0.4) is 0 Å². The summed E-state index contributed by atoms with van der Waals surface area (Å²) in [5.41, 5.74) is 0. The van der Waals surface area contributed by atoms with Crippen LogP contribution >= 0.6 is 40.1 Å². The summed E-state index contributed by atoms with van der Waals surface area (Å²) < 4.78 is 12.2. The number of hydrogen-bond donors (Lipinski definition) is 0. The average Bonchev–Trinajstić information content (AvgIpc) is 1.63. The second kappa shape index (κ2) is 3.59. The van der Waals surface area contributed by atoms with E-state index in [1.165, 1.54) is 6.07 Å². The molecule has 0 fully saturated rings. The van der Waals surface area contributed by atoms with Crippen molar-refractivity contribution in [2.75, 3.05) is 0 Å². The highest BCUT2D eigenvalue weighted by Gasteiger charge is 2.30. The van der Waals surface area contributed by atoms with Gasteiger partial charge in [0.05, 0.1) is 0 Å². The van der Waals surface area contributed by atoms with Crippen LogP contribution in [0.25, 0.3) is 0 Å². The van der Waals surface area contributed by atoms with E-state index in [0.717, 1.165) is 0 Å². The molecule has 0 aromatic rings. The van der Waals surface area contributed by atoms with Gasteiger partial charge in [-0.2, -0.15) is 5.26 Å². The smallest absolute Gasteiger partial charge is 0.491 e. The standard InChI is InChI=1S/C2Br2NO3P/c3-2(4,1-5)8-9(6)7. The maximum absolute atomic E-state index is 9.78. The minimum absolute atomic E-state index is 1.50. The molecule has 1 atom stereocenters. The number of nitriles is 1. The molecule has 0 aliphatic heterocycles. The van der Waals surface area contributed by atoms with Gasteiger partial charge < -0.3 is 4.89 Å². The maximum atomic E-state index is 9.78. The third kappa shape index (κ3) is 4.94. The Labute approximate surface area is 69.0 Å². The van der Waals surface area contributed by atoms with E-state index in [4.69, 9.17) is 5.26 Å². The Kier molecular flexibility index (Phi) is 3.78. The summed E-state index contributed by atoms with van der Waals surface area (Å²) in [6, 6.07) is 1.50. The van der Waals surface area contributed by atoms with Gasteiger partial charge in [0.25, 0.3) is 0 Å². The van der Waals surface area contributed by atoms with Gasteiger partial charge in [-0.05, 0) is 36.4 Å². The van der Waals surface area contributed by atoms with Gasteiger partial charge >= 0.3 is 11.7 Å². The van der Waals surface area contributed by atoms with Crippen LogP contribution in [0.15, 0.2) is 0 Å². The number of halogens is 2. The Bertz CT molecular complexity index is 164. The lowest BCUT2D eigenvalue weighted by atomic mass is 10.8. The van der Waals surface area contributed by atoms with Crippen molar-refractivity contribution in [1.29, 1.82) is 5.26 Å². The van der Waals surface area contributed by atoms with Gasteiger partial charge in [0.15, 0.2) is 0 Å². The fraction of sp³-hybridized carbons (Fsp3) is 0.500. The molecule has 0 N–H and O–H groups in total. The van der Waals surface area contributed by atoms with Crippen LogP contribution in [0.2, 0.25) is 0 Å². The van der Waals surface area contributed by atoms with Gasteiger partial charge in [-0.15, -0.1) is 4.52 Å². The van der Waals surface area contributed by atoms with Gasteiger partial charge in [-0.3, -0.25) is 0 Å². The Morgan fingerprint density at radius 3 is 2.33 bits per heavy atom. The largest absolute Gasteiger partial charge is 0.566 e. The highest BCUT2D eigenvalue weighted by atomic mass is 79.9. The summed E-state index contributed by atoms with van der Waals surface area (Å²) >= 11 is 5.26. The molecule has 0 amide bonds. The minimum atomic E-state index is -3.01. The van der Waals surface area contributed by atoms with E-state index in [1.807, 2.05) is 0 Å². The summed E-state index contributed by atoms with van der Waals surface area (Å²) in [6.45, 7) is 0. The third-order valence-corrected chi connectivity index (χ3v) is 1.92. The van der Waals surface area contributed by atoms with Crippen molar-refractivity contribution in [2.24, 2.45) is 0 Å². The zero-order valence-electron chi connectivity index (χ0n) is 3.88. The van der Waals surface area contributed by atoms with Crippen molar-refractivity contribution >= 4 is 40.1 Å². The van der Waals surface area contributed by atoms with Crippen molar-refractivity contribution in [3.05, 3.63) is 0 Å². The first-order valence-corrected chi connectivity index (χ1v) is 4.28. The maximum Gasteiger partial charge on any atom is 0.491 e. The number of rotatable bonds is 2. The molecule has 0 aliphatic rings. The van der Waals surface area contributed by atoms with Crippen molar-refractivity contribution in [2.45, 2.75) is 3.42 Å². The zero-order valence-corrected chi connectivity index (χ0v) is 7.94. The Morgan fingerprint density at radius 1 is 1.78 bits per heavy atom. The zero-order chi connectivity index (χ0) is 7.49. The van der Waals surface area contributed by atoms with Gasteiger partial charge in [0, 0.05) is 0 Å². The van der Waals surface area contributed by atoms with Crippen LogP contribution in [0, 0.1) is 11.3 Å². The molecule has 0 saturated carbocycles. The van der Waals surface area contributed by atoms with Crippen LogP contribution < -0.4 is 4.89 Å². The normalized spacial score (nSPS) is 12.4. The van der Waals surface area contributed by atoms with Crippen molar-refractivity contribution in [3.8, 4) is 6.07 Å². The molecule has 0 radical (unpaired) electrons. The van der Waals surface area contributed by atoms with Crippen LogP contribution in [0.1, 0.15) is 0 Å². The first kappa shape index (κ1) is 9.47. The van der Waals surface area contributed by atoms with Crippen molar-refractivity contribution in [1.82, 2.24) is 0 Å². The molecule has 0 aromatic heterocycles. The SMILES string of the molecule is N#CC(Br)(Br)O[P+](=O)[O-]. The Hall–Kier alpha value is 0.470. The fourth-order valence-corrected chi connectivity index (χ4v) is 1.05. The molecule has 0 bridgehead atoms. The molecule has 0 aliphatic carbocycles. The highest BCUT2D eigenvalue weighted by molar-refractivity contribution is 9.25. The number of nitrogens with zero attached hydrogens (tertiary/aromatic N) is 1. The Balaban J connectivity index is 3.91. The van der Waals surface area contributed by atoms with Gasteiger partial charge in [0.1, 0.15) is 6.07 Å². The molecular weight excluding hydrogens is 277 g/mol. The van der Waals surface area contributed by atoms with E-state index < -0.39 is 11.7 Å². The van der Waals surface area contributed by atoms with Crippen LogP contribution in [0.4, 0.5) is 0 Å². The van der Waals surface area contributed by atoms with E-state index in [0.29, 0.717) is 0 Å². The van der Waals surface area contributed by atoms with E-state index in [2.05, 4.69) is 36.4 Å². The summed E-state index contributed by atoms with van der Waals surface area (Å²) in [4.78, 5) is 9.78. The molecule has 1 unspecified atom stereocenters. The highest BCUT2D eigenvalue weighted by Crippen LogP contribution is 2.33. The van der Waals surface area contributed by atoms with E-state index in [9.17, 15) is 9.46 Å². The molecule has 0 rings (SSSR count). The van der Waals surface area contributed by atoms with E-state index in [-0.39, 0.29) is 0 Å². The molecule has 50 valence electrons. The van der Waals surface area contributed by atoms with Gasteiger partial charge in [-0.1, -0.05) is 0 Å². The molecule has 0 spiro atoms. The Morgan fingerprint density at radius 2 is 2.22 bits per heavy atom.